The molecule has 0 fully saturated rings. The first kappa shape index (κ1) is 18.0. The van der Waals surface area contributed by atoms with Gasteiger partial charge in [0.15, 0.2) is 0 Å². The normalized spacial score (nSPS) is 11.2. The Morgan fingerprint density at radius 3 is 2.10 bits per heavy atom. The second-order valence-electron chi connectivity index (χ2n) is 5.37. The Bertz CT molecular complexity index is 543. The quantitative estimate of drug-likeness (QED) is 0.678. The van der Waals surface area contributed by atoms with Gasteiger partial charge >= 0.3 is 0 Å². The average molecular weight is 352 g/mol. The Labute approximate surface area is 139 Å². The van der Waals surface area contributed by atoms with E-state index in [-0.39, 0.29) is 17.0 Å². The van der Waals surface area contributed by atoms with Gasteiger partial charge in [-0.3, -0.25) is 0 Å². The van der Waals surface area contributed by atoms with Crippen molar-refractivity contribution >= 4 is 10.8 Å². The minimum Gasteiger partial charge on any atom is -1.00 e. The summed E-state index contributed by atoms with van der Waals surface area (Å²) in [5, 5.41) is 2.51. The van der Waals surface area contributed by atoms with Crippen molar-refractivity contribution in [2.45, 2.75) is 20.8 Å². The van der Waals surface area contributed by atoms with E-state index in [0.29, 0.717) is 0 Å². The van der Waals surface area contributed by atoms with E-state index in [0.717, 1.165) is 23.4 Å². The molecule has 0 aliphatic carbocycles. The van der Waals surface area contributed by atoms with Gasteiger partial charge in [0, 0.05) is 0 Å². The molecule has 0 spiro atoms. The molecule has 0 saturated carbocycles. The van der Waals surface area contributed by atoms with Crippen molar-refractivity contribution < 1.29 is 26.2 Å². The second kappa shape index (κ2) is 8.40. The van der Waals surface area contributed by atoms with E-state index in [2.05, 4.69) is 63.2 Å². The highest BCUT2D eigenvalue weighted by atomic mass is 79.9. The topological polar surface area (TPSA) is 9.23 Å². The molecule has 0 aromatic heterocycles. The average Bonchev–Trinajstić information content (AvgIpc) is 2.52. The maximum absolute atomic E-state index is 5.96. The van der Waals surface area contributed by atoms with Gasteiger partial charge in [0.25, 0.3) is 0 Å². The fourth-order valence-corrected chi connectivity index (χ4v) is 2.76. The third kappa shape index (κ3) is 4.45. The molecule has 2 aromatic carbocycles. The summed E-state index contributed by atoms with van der Waals surface area (Å²) in [6.07, 6.45) is 0. The molecule has 116 valence electrons. The van der Waals surface area contributed by atoms with Crippen LogP contribution in [-0.4, -0.2) is 37.3 Å². The molecule has 2 aromatic rings. The molecule has 21 heavy (non-hydrogen) atoms. The lowest BCUT2D eigenvalue weighted by molar-refractivity contribution is -0.923. The fourth-order valence-electron chi connectivity index (χ4n) is 2.76. The van der Waals surface area contributed by atoms with E-state index in [1.54, 1.807) is 0 Å². The van der Waals surface area contributed by atoms with Crippen molar-refractivity contribution in [2.24, 2.45) is 0 Å². The maximum Gasteiger partial charge on any atom is 0.137 e. The van der Waals surface area contributed by atoms with Crippen LogP contribution in [-0.2, 0) is 0 Å². The lowest BCUT2D eigenvalue weighted by atomic mass is 10.1. The van der Waals surface area contributed by atoms with Crippen LogP contribution in [0.15, 0.2) is 42.5 Å². The zero-order valence-electron chi connectivity index (χ0n) is 13.3. The zero-order chi connectivity index (χ0) is 14.4. The molecule has 0 aliphatic rings. The van der Waals surface area contributed by atoms with Crippen LogP contribution in [0.1, 0.15) is 20.8 Å². The van der Waals surface area contributed by atoms with Gasteiger partial charge in [0.1, 0.15) is 18.9 Å². The first-order valence-corrected chi connectivity index (χ1v) is 7.69. The Morgan fingerprint density at radius 2 is 1.48 bits per heavy atom. The number of nitrogens with zero attached hydrogens (tertiary/aromatic N) is 1. The van der Waals surface area contributed by atoms with Crippen LogP contribution in [0.5, 0.6) is 5.75 Å². The molecule has 3 heteroatoms. The molecule has 0 heterocycles. The molecule has 0 radical (unpaired) electrons. The summed E-state index contributed by atoms with van der Waals surface area (Å²) in [4.78, 5) is 0. The third-order valence-electron chi connectivity index (χ3n) is 4.57. The highest BCUT2D eigenvalue weighted by molar-refractivity contribution is 5.83. The lowest BCUT2D eigenvalue weighted by Crippen LogP contribution is -3.00. The molecule has 0 N–H and O–H groups in total. The molecule has 2 rings (SSSR count). The molecular weight excluding hydrogens is 326 g/mol. The summed E-state index contributed by atoms with van der Waals surface area (Å²) in [5.74, 6) is 0.977. The molecule has 2 nitrogen and oxygen atoms in total. The van der Waals surface area contributed by atoms with Gasteiger partial charge in [-0.05, 0) is 43.7 Å². The second-order valence-corrected chi connectivity index (χ2v) is 5.37. The number of rotatable bonds is 7. The molecule has 0 aliphatic heterocycles. The van der Waals surface area contributed by atoms with Crippen LogP contribution in [0, 0.1) is 0 Å². The van der Waals surface area contributed by atoms with Crippen LogP contribution in [0.25, 0.3) is 10.8 Å². The molecule has 0 atom stereocenters. The monoisotopic (exact) mass is 351 g/mol. The van der Waals surface area contributed by atoms with Crippen molar-refractivity contribution in [1.29, 1.82) is 0 Å². The van der Waals surface area contributed by atoms with Gasteiger partial charge in [-0.2, -0.15) is 0 Å². The minimum absolute atomic E-state index is 0. The molecule has 0 bridgehead atoms. The number of quaternary nitrogens is 1. The van der Waals surface area contributed by atoms with Crippen molar-refractivity contribution in [3.05, 3.63) is 42.5 Å². The first-order valence-electron chi connectivity index (χ1n) is 7.69. The van der Waals surface area contributed by atoms with Crippen molar-refractivity contribution in [3.8, 4) is 5.75 Å². The van der Waals surface area contributed by atoms with E-state index in [4.69, 9.17) is 4.74 Å². The maximum atomic E-state index is 5.96. The number of benzene rings is 2. The Morgan fingerprint density at radius 1 is 0.857 bits per heavy atom. The Hall–Kier alpha value is -1.06. The standard InChI is InChI=1S/C18H26NO.BrH/c1-4-19(5-2,6-3)13-14-20-18-12-11-16-9-7-8-10-17(16)15-18;/h7-12,15H,4-6,13-14H2,1-3H3;1H/q+1;/p-1. The molecular formula is C18H26BrNO. The van der Waals surface area contributed by atoms with Gasteiger partial charge in [0.05, 0.1) is 19.6 Å². The van der Waals surface area contributed by atoms with Crippen molar-refractivity contribution in [2.75, 3.05) is 32.8 Å². The Balaban J connectivity index is 0.00000220. The van der Waals surface area contributed by atoms with E-state index < -0.39 is 0 Å². The van der Waals surface area contributed by atoms with Crippen LogP contribution in [0.4, 0.5) is 0 Å². The predicted octanol–water partition coefficient (Wildman–Crippen LogP) is 1.10. The highest BCUT2D eigenvalue weighted by Crippen LogP contribution is 2.20. The third-order valence-corrected chi connectivity index (χ3v) is 4.57. The minimum atomic E-state index is 0. The van der Waals surface area contributed by atoms with Gasteiger partial charge < -0.3 is 26.2 Å². The summed E-state index contributed by atoms with van der Waals surface area (Å²) in [7, 11) is 0. The summed E-state index contributed by atoms with van der Waals surface area (Å²) < 4.78 is 7.09. The van der Waals surface area contributed by atoms with Crippen LogP contribution in [0.2, 0.25) is 0 Å². The summed E-state index contributed by atoms with van der Waals surface area (Å²) in [5.41, 5.74) is 0. The number of likely N-dealkylation sites (N-methyl/N-ethyl adjacent to an activating group) is 1. The van der Waals surface area contributed by atoms with Gasteiger partial charge in [-0.25, -0.2) is 0 Å². The smallest absolute Gasteiger partial charge is 0.137 e. The van der Waals surface area contributed by atoms with E-state index in [1.165, 1.54) is 30.4 Å². The van der Waals surface area contributed by atoms with Gasteiger partial charge in [0.2, 0.25) is 0 Å². The van der Waals surface area contributed by atoms with E-state index in [1.807, 2.05) is 0 Å². The molecule has 0 amide bonds. The summed E-state index contributed by atoms with van der Waals surface area (Å²) >= 11 is 0. The van der Waals surface area contributed by atoms with Crippen molar-refractivity contribution in [3.63, 3.8) is 0 Å². The number of hydrogen-bond acceptors (Lipinski definition) is 1. The van der Waals surface area contributed by atoms with Crippen LogP contribution >= 0.6 is 0 Å². The van der Waals surface area contributed by atoms with Crippen LogP contribution < -0.4 is 21.7 Å². The molecule has 0 saturated heterocycles. The number of fused-ring (bicyclic) bond motifs is 1. The Kier molecular flexibility index (Phi) is 7.20. The number of ether oxygens (including phenoxy) is 1. The number of hydrogen-bond donors (Lipinski definition) is 0. The highest BCUT2D eigenvalue weighted by Gasteiger charge is 2.20. The lowest BCUT2D eigenvalue weighted by Gasteiger charge is -2.35. The summed E-state index contributed by atoms with van der Waals surface area (Å²) in [6, 6.07) is 14.7. The fraction of sp³-hybridized carbons (Fsp3) is 0.444. The predicted molar refractivity (Wildman–Crippen MR) is 86.2 cm³/mol. The largest absolute Gasteiger partial charge is 1.00 e. The van der Waals surface area contributed by atoms with Crippen molar-refractivity contribution in [1.82, 2.24) is 0 Å². The van der Waals surface area contributed by atoms with Gasteiger partial charge in [-0.15, -0.1) is 0 Å². The van der Waals surface area contributed by atoms with E-state index >= 15 is 0 Å². The van der Waals surface area contributed by atoms with Gasteiger partial charge in [-0.1, -0.05) is 30.3 Å². The zero-order valence-corrected chi connectivity index (χ0v) is 14.9. The summed E-state index contributed by atoms with van der Waals surface area (Å²) in [6.45, 7) is 12.2. The SMILES string of the molecule is CC[N+](CC)(CC)CCOc1ccc2ccccc2c1.[Br-]. The molecule has 0 unspecified atom stereocenters. The van der Waals surface area contributed by atoms with E-state index in [9.17, 15) is 0 Å². The van der Waals surface area contributed by atoms with Crippen LogP contribution in [0.3, 0.4) is 0 Å². The first-order chi connectivity index (χ1) is 9.73. The number of halogens is 1.